The zero-order valence-electron chi connectivity index (χ0n) is 22.3. The Morgan fingerprint density at radius 1 is 0.879 bits per heavy atom. The maximum Gasteiger partial charge on any atom is 0.313 e. The van der Waals surface area contributed by atoms with E-state index < -0.39 is 11.0 Å². The number of carbonyl (C=O) groups is 1. The standard InChI is InChI=1S/C30H48O3/c1-18(2)19-9-10-20-26(19,5)15-16-28(7)27(20,6)14-11-21-29-13-8-12-25(3,4)22(29)17-23(30(21,28)32)33-24(29)31/h18-23,32H,8-17H2,1-7H3/t19-,20+,21-,22-,23+,26-,27+,28+,29+,30+/m1/s1. The van der Waals surface area contributed by atoms with Gasteiger partial charge in [-0.2, -0.15) is 0 Å². The van der Waals surface area contributed by atoms with Crippen molar-refractivity contribution >= 4 is 5.97 Å². The summed E-state index contributed by atoms with van der Waals surface area (Å²) in [5.41, 5.74) is -0.899. The molecule has 7 aliphatic rings. The Labute approximate surface area is 201 Å². The average Bonchev–Trinajstić information content (AvgIpc) is 3.09. The van der Waals surface area contributed by atoms with Crippen LogP contribution in [0.5, 0.6) is 0 Å². The second kappa shape index (κ2) is 6.40. The van der Waals surface area contributed by atoms with Crippen molar-refractivity contribution in [2.75, 3.05) is 0 Å². The van der Waals surface area contributed by atoms with E-state index in [1.165, 1.54) is 25.7 Å². The first-order chi connectivity index (χ1) is 15.3. The van der Waals surface area contributed by atoms with Gasteiger partial charge in [0.15, 0.2) is 0 Å². The first-order valence-corrected chi connectivity index (χ1v) is 14.2. The summed E-state index contributed by atoms with van der Waals surface area (Å²) in [5.74, 6) is 2.64. The minimum absolute atomic E-state index is 0.0415. The van der Waals surface area contributed by atoms with Gasteiger partial charge in [-0.25, -0.2) is 0 Å². The van der Waals surface area contributed by atoms with E-state index in [1.54, 1.807) is 0 Å². The van der Waals surface area contributed by atoms with Crippen molar-refractivity contribution in [1.29, 1.82) is 0 Å². The lowest BCUT2D eigenvalue weighted by Gasteiger charge is -2.77. The van der Waals surface area contributed by atoms with Crippen molar-refractivity contribution in [1.82, 2.24) is 0 Å². The molecule has 0 aromatic rings. The molecular formula is C30H48O3. The molecule has 1 spiro atoms. The Morgan fingerprint density at radius 3 is 2.30 bits per heavy atom. The predicted molar refractivity (Wildman–Crippen MR) is 130 cm³/mol. The van der Waals surface area contributed by atoms with E-state index in [0.717, 1.165) is 50.4 Å². The molecule has 1 N–H and O–H groups in total. The molecule has 0 aromatic carbocycles. The summed E-state index contributed by atoms with van der Waals surface area (Å²) in [6.45, 7) is 17.1. The number of hydrogen-bond donors (Lipinski definition) is 1. The Hall–Kier alpha value is -0.570. The minimum atomic E-state index is -0.880. The topological polar surface area (TPSA) is 46.5 Å². The average molecular weight is 457 g/mol. The van der Waals surface area contributed by atoms with Gasteiger partial charge < -0.3 is 9.84 Å². The molecule has 2 saturated heterocycles. The van der Waals surface area contributed by atoms with Crippen LogP contribution >= 0.6 is 0 Å². The Bertz CT molecular complexity index is 878. The molecule has 0 unspecified atom stereocenters. The lowest BCUT2D eigenvalue weighted by molar-refractivity contribution is -0.360. The molecule has 3 nitrogen and oxygen atoms in total. The largest absolute Gasteiger partial charge is 0.459 e. The van der Waals surface area contributed by atoms with Gasteiger partial charge >= 0.3 is 5.97 Å². The Balaban J connectivity index is 1.47. The van der Waals surface area contributed by atoms with Crippen LogP contribution < -0.4 is 0 Å². The summed E-state index contributed by atoms with van der Waals surface area (Å²) >= 11 is 0. The van der Waals surface area contributed by atoms with Crippen LogP contribution in [0.25, 0.3) is 0 Å². The van der Waals surface area contributed by atoms with E-state index in [4.69, 9.17) is 4.74 Å². The second-order valence-electron chi connectivity index (χ2n) is 15.2. The highest BCUT2D eigenvalue weighted by molar-refractivity contribution is 5.81. The molecule has 0 amide bonds. The van der Waals surface area contributed by atoms with Crippen LogP contribution in [0.3, 0.4) is 0 Å². The van der Waals surface area contributed by atoms with E-state index in [-0.39, 0.29) is 34.2 Å². The lowest BCUT2D eigenvalue weighted by Crippen LogP contribution is -2.81. The van der Waals surface area contributed by atoms with Gasteiger partial charge in [-0.15, -0.1) is 0 Å². The van der Waals surface area contributed by atoms with Gasteiger partial charge in [0.1, 0.15) is 11.7 Å². The third-order valence-electron chi connectivity index (χ3n) is 13.9. The SMILES string of the molecule is CC(C)[C@H]1CC[C@H]2[C@]1(C)CC[C@]1(C)[C@@]3(O)[C@@H]4C[C@@H]5C(C)(C)CCC[C@]5(C(=O)O4)[C@H]3CC[C@@]21C. The number of aliphatic hydroxyl groups is 1. The molecule has 7 fully saturated rings. The summed E-state index contributed by atoms with van der Waals surface area (Å²) in [4.78, 5) is 13.7. The third-order valence-corrected chi connectivity index (χ3v) is 13.9. The van der Waals surface area contributed by atoms with Gasteiger partial charge in [0, 0.05) is 11.3 Å². The molecule has 5 aliphatic carbocycles. The molecule has 2 bridgehead atoms. The fraction of sp³-hybridized carbons (Fsp3) is 0.967. The van der Waals surface area contributed by atoms with Crippen LogP contribution in [0.15, 0.2) is 0 Å². The number of fused-ring (bicyclic) bond motifs is 4. The summed E-state index contributed by atoms with van der Waals surface area (Å²) in [6, 6.07) is 0. The Kier molecular flexibility index (Phi) is 4.44. The zero-order chi connectivity index (χ0) is 23.8. The maximum atomic E-state index is 13.7. The highest BCUT2D eigenvalue weighted by atomic mass is 16.6. The summed E-state index contributed by atoms with van der Waals surface area (Å²) < 4.78 is 6.28. The molecule has 7 rings (SSSR count). The molecule has 186 valence electrons. The first kappa shape index (κ1) is 22.9. The van der Waals surface area contributed by atoms with Crippen molar-refractivity contribution in [3.05, 3.63) is 0 Å². The molecular weight excluding hydrogens is 408 g/mol. The van der Waals surface area contributed by atoms with Crippen LogP contribution in [-0.4, -0.2) is 22.8 Å². The number of esters is 1. The van der Waals surface area contributed by atoms with E-state index in [9.17, 15) is 9.90 Å². The normalized spacial score (nSPS) is 58.8. The van der Waals surface area contributed by atoms with Crippen molar-refractivity contribution < 1.29 is 14.6 Å². The molecule has 3 heteroatoms. The molecule has 10 atom stereocenters. The number of rotatable bonds is 1. The van der Waals surface area contributed by atoms with Crippen molar-refractivity contribution in [3.8, 4) is 0 Å². The predicted octanol–water partition coefficient (Wildman–Crippen LogP) is 6.76. The van der Waals surface area contributed by atoms with Crippen molar-refractivity contribution in [3.63, 3.8) is 0 Å². The van der Waals surface area contributed by atoms with Crippen molar-refractivity contribution in [2.24, 2.45) is 56.7 Å². The smallest absolute Gasteiger partial charge is 0.313 e. The Morgan fingerprint density at radius 2 is 1.61 bits per heavy atom. The highest BCUT2D eigenvalue weighted by Gasteiger charge is 2.82. The minimum Gasteiger partial charge on any atom is -0.459 e. The van der Waals surface area contributed by atoms with Gasteiger partial charge in [0.25, 0.3) is 0 Å². The second-order valence-corrected chi connectivity index (χ2v) is 15.2. The van der Waals surface area contributed by atoms with E-state index >= 15 is 0 Å². The van der Waals surface area contributed by atoms with Crippen LogP contribution in [-0.2, 0) is 9.53 Å². The van der Waals surface area contributed by atoms with E-state index in [0.29, 0.717) is 17.3 Å². The van der Waals surface area contributed by atoms with Crippen LogP contribution in [0.4, 0.5) is 0 Å². The van der Waals surface area contributed by atoms with Gasteiger partial charge in [0.2, 0.25) is 0 Å². The lowest BCUT2D eigenvalue weighted by atomic mass is 9.30. The zero-order valence-corrected chi connectivity index (χ0v) is 22.3. The molecule has 0 aromatic heterocycles. The number of hydrogen-bond acceptors (Lipinski definition) is 3. The quantitative estimate of drug-likeness (QED) is 0.443. The molecule has 33 heavy (non-hydrogen) atoms. The maximum absolute atomic E-state index is 13.7. The van der Waals surface area contributed by atoms with Crippen LogP contribution in [0, 0.1) is 56.7 Å². The van der Waals surface area contributed by atoms with Gasteiger partial charge in [-0.3, -0.25) is 4.79 Å². The van der Waals surface area contributed by atoms with Gasteiger partial charge in [0.05, 0.1) is 5.41 Å². The summed E-state index contributed by atoms with van der Waals surface area (Å²) in [6.07, 6.45) is 10.8. The summed E-state index contributed by atoms with van der Waals surface area (Å²) in [5, 5.41) is 13.0. The van der Waals surface area contributed by atoms with E-state index in [2.05, 4.69) is 48.5 Å². The fourth-order valence-corrected chi connectivity index (χ4v) is 12.3. The monoisotopic (exact) mass is 456 g/mol. The summed E-state index contributed by atoms with van der Waals surface area (Å²) in [7, 11) is 0. The van der Waals surface area contributed by atoms with E-state index in [1.807, 2.05) is 0 Å². The van der Waals surface area contributed by atoms with Crippen LogP contribution in [0.1, 0.15) is 113 Å². The first-order valence-electron chi connectivity index (χ1n) is 14.2. The van der Waals surface area contributed by atoms with Gasteiger partial charge in [-0.05, 0) is 97.7 Å². The molecule has 0 radical (unpaired) electrons. The highest BCUT2D eigenvalue weighted by Crippen LogP contribution is 2.80. The van der Waals surface area contributed by atoms with Crippen molar-refractivity contribution in [2.45, 2.75) is 124 Å². The fourth-order valence-electron chi connectivity index (χ4n) is 12.3. The number of ether oxygens (including phenoxy) is 1. The number of carbonyl (C=O) groups excluding carboxylic acids is 1. The molecule has 2 heterocycles. The molecule has 2 aliphatic heterocycles. The molecule has 5 saturated carbocycles. The van der Waals surface area contributed by atoms with Gasteiger partial charge in [-0.1, -0.05) is 54.9 Å². The van der Waals surface area contributed by atoms with Crippen LogP contribution in [0.2, 0.25) is 0 Å². The third kappa shape index (κ3) is 2.27.